The number of para-hydroxylation sites is 2. The van der Waals surface area contributed by atoms with Gasteiger partial charge in [-0.05, 0) is 39.6 Å². The first-order valence-corrected chi connectivity index (χ1v) is 6.91. The molecule has 0 aliphatic rings. The number of aromatic nitrogens is 2. The molecule has 4 nitrogen and oxygen atoms in total. The van der Waals surface area contributed by atoms with E-state index in [0.29, 0.717) is 0 Å². The second kappa shape index (κ2) is 5.72. The van der Waals surface area contributed by atoms with Gasteiger partial charge in [0.2, 0.25) is 0 Å². The highest BCUT2D eigenvalue weighted by atomic mass is 15.2. The lowest BCUT2D eigenvalue weighted by molar-refractivity contribution is 0.299. The maximum Gasteiger partial charge on any atom is 0.127 e. The Kier molecular flexibility index (Phi) is 4.22. The molecular weight excluding hydrogens is 236 g/mol. The lowest BCUT2D eigenvalue weighted by Gasteiger charge is -2.22. The summed E-state index contributed by atoms with van der Waals surface area (Å²) in [5.74, 6) is 1.09. The summed E-state index contributed by atoms with van der Waals surface area (Å²) in [5, 5.41) is 0. The van der Waals surface area contributed by atoms with Crippen LogP contribution in [-0.4, -0.2) is 34.6 Å². The van der Waals surface area contributed by atoms with E-state index in [1.54, 1.807) is 0 Å². The molecule has 1 aromatic heterocycles. The summed E-state index contributed by atoms with van der Waals surface area (Å²) in [7, 11) is 4.15. The first-order chi connectivity index (χ1) is 9.04. The van der Waals surface area contributed by atoms with E-state index < -0.39 is 0 Å². The van der Waals surface area contributed by atoms with Gasteiger partial charge >= 0.3 is 0 Å². The highest BCUT2D eigenvalue weighted by Gasteiger charge is 2.18. The zero-order valence-electron chi connectivity index (χ0n) is 12.3. The molecule has 19 heavy (non-hydrogen) atoms. The fraction of sp³-hybridized carbons (Fsp3) is 0.533. The predicted octanol–water partition coefficient (Wildman–Crippen LogP) is 2.40. The van der Waals surface area contributed by atoms with Crippen molar-refractivity contribution in [3.8, 4) is 0 Å². The van der Waals surface area contributed by atoms with Crippen LogP contribution in [0, 0.1) is 0 Å². The number of hydrogen-bond acceptors (Lipinski definition) is 3. The van der Waals surface area contributed by atoms with Gasteiger partial charge in [0, 0.05) is 12.6 Å². The summed E-state index contributed by atoms with van der Waals surface area (Å²) in [5.41, 5.74) is 8.36. The fourth-order valence-corrected chi connectivity index (χ4v) is 2.20. The molecule has 2 unspecified atom stereocenters. The van der Waals surface area contributed by atoms with E-state index in [4.69, 9.17) is 10.7 Å². The summed E-state index contributed by atoms with van der Waals surface area (Å²) in [6.45, 7) is 5.12. The zero-order valence-corrected chi connectivity index (χ0v) is 12.3. The molecule has 0 radical (unpaired) electrons. The van der Waals surface area contributed by atoms with Crippen molar-refractivity contribution < 1.29 is 0 Å². The number of benzene rings is 1. The van der Waals surface area contributed by atoms with Crippen LogP contribution in [0.2, 0.25) is 0 Å². The molecule has 1 aromatic carbocycles. The Morgan fingerprint density at radius 1 is 1.32 bits per heavy atom. The van der Waals surface area contributed by atoms with E-state index in [0.717, 1.165) is 24.3 Å². The Morgan fingerprint density at radius 3 is 2.63 bits per heavy atom. The molecule has 2 aromatic rings. The van der Waals surface area contributed by atoms with Gasteiger partial charge in [0.25, 0.3) is 0 Å². The summed E-state index contributed by atoms with van der Waals surface area (Å²) in [6.07, 6.45) is 0.974. The Bertz CT molecular complexity index is 544. The van der Waals surface area contributed by atoms with Gasteiger partial charge in [-0.1, -0.05) is 19.1 Å². The van der Waals surface area contributed by atoms with Crippen LogP contribution in [0.4, 0.5) is 0 Å². The van der Waals surface area contributed by atoms with Crippen molar-refractivity contribution in [3.05, 3.63) is 30.1 Å². The number of nitrogens with two attached hydrogens (primary N) is 1. The predicted molar refractivity (Wildman–Crippen MR) is 80.1 cm³/mol. The third-order valence-corrected chi connectivity index (χ3v) is 3.77. The maximum absolute atomic E-state index is 6.14. The summed E-state index contributed by atoms with van der Waals surface area (Å²) in [4.78, 5) is 6.96. The Morgan fingerprint density at radius 2 is 2.00 bits per heavy atom. The second-order valence-electron chi connectivity index (χ2n) is 5.38. The van der Waals surface area contributed by atoms with Gasteiger partial charge in [-0.3, -0.25) is 4.90 Å². The third kappa shape index (κ3) is 2.80. The van der Waals surface area contributed by atoms with Crippen LogP contribution >= 0.6 is 0 Å². The number of imidazole rings is 1. The van der Waals surface area contributed by atoms with Crippen molar-refractivity contribution in [2.45, 2.75) is 38.9 Å². The molecule has 0 aliphatic carbocycles. The van der Waals surface area contributed by atoms with Gasteiger partial charge in [0.05, 0.1) is 17.1 Å². The van der Waals surface area contributed by atoms with E-state index in [2.05, 4.69) is 55.6 Å². The molecule has 1 heterocycles. The molecule has 0 amide bonds. The topological polar surface area (TPSA) is 47.1 Å². The van der Waals surface area contributed by atoms with Crippen molar-refractivity contribution in [1.82, 2.24) is 14.5 Å². The number of nitrogens with zero attached hydrogens (tertiary/aromatic N) is 3. The highest BCUT2D eigenvalue weighted by molar-refractivity contribution is 5.76. The van der Waals surface area contributed by atoms with Crippen LogP contribution in [0.5, 0.6) is 0 Å². The van der Waals surface area contributed by atoms with E-state index in [9.17, 15) is 0 Å². The Labute approximate surface area is 115 Å². The molecule has 104 valence electrons. The van der Waals surface area contributed by atoms with Crippen LogP contribution in [0.15, 0.2) is 24.3 Å². The molecule has 0 saturated carbocycles. The first-order valence-electron chi connectivity index (χ1n) is 6.91. The maximum atomic E-state index is 6.14. The van der Waals surface area contributed by atoms with Gasteiger partial charge in [-0.2, -0.15) is 0 Å². The summed E-state index contributed by atoms with van der Waals surface area (Å²) in [6, 6.07) is 8.72. The minimum atomic E-state index is 0.172. The Hall–Kier alpha value is -1.39. The quantitative estimate of drug-likeness (QED) is 0.898. The van der Waals surface area contributed by atoms with Crippen LogP contribution in [0.3, 0.4) is 0 Å². The van der Waals surface area contributed by atoms with E-state index in [1.165, 1.54) is 5.52 Å². The van der Waals surface area contributed by atoms with Gasteiger partial charge < -0.3 is 10.3 Å². The SMILES string of the molecule is CCC(N)Cn1c(C(C)N(C)C)nc2ccccc21. The Balaban J connectivity index is 2.51. The van der Waals surface area contributed by atoms with Crippen molar-refractivity contribution in [3.63, 3.8) is 0 Å². The van der Waals surface area contributed by atoms with Crippen LogP contribution in [0.1, 0.15) is 32.1 Å². The third-order valence-electron chi connectivity index (χ3n) is 3.77. The average Bonchev–Trinajstić information content (AvgIpc) is 2.76. The molecule has 0 fully saturated rings. The van der Waals surface area contributed by atoms with Gasteiger partial charge in [-0.25, -0.2) is 4.98 Å². The van der Waals surface area contributed by atoms with E-state index in [1.807, 2.05) is 6.07 Å². The highest BCUT2D eigenvalue weighted by Crippen LogP contribution is 2.23. The van der Waals surface area contributed by atoms with Crippen LogP contribution < -0.4 is 5.73 Å². The van der Waals surface area contributed by atoms with E-state index >= 15 is 0 Å². The number of fused-ring (bicyclic) bond motifs is 1. The van der Waals surface area contributed by atoms with Gasteiger partial charge in [0.1, 0.15) is 5.82 Å². The molecule has 0 bridgehead atoms. The monoisotopic (exact) mass is 260 g/mol. The largest absolute Gasteiger partial charge is 0.326 e. The molecule has 0 aliphatic heterocycles. The minimum Gasteiger partial charge on any atom is -0.326 e. The first kappa shape index (κ1) is 14.0. The molecule has 4 heteroatoms. The zero-order chi connectivity index (χ0) is 14.0. The van der Waals surface area contributed by atoms with Gasteiger partial charge in [0.15, 0.2) is 0 Å². The fourth-order valence-electron chi connectivity index (χ4n) is 2.20. The van der Waals surface area contributed by atoms with Crippen molar-refractivity contribution in [1.29, 1.82) is 0 Å². The molecule has 2 N–H and O–H groups in total. The number of rotatable bonds is 5. The molecule has 2 atom stereocenters. The average molecular weight is 260 g/mol. The van der Waals surface area contributed by atoms with Crippen molar-refractivity contribution in [2.24, 2.45) is 5.73 Å². The molecule has 0 spiro atoms. The van der Waals surface area contributed by atoms with Crippen LogP contribution in [0.25, 0.3) is 11.0 Å². The normalized spacial score (nSPS) is 15.1. The second-order valence-corrected chi connectivity index (χ2v) is 5.38. The standard InChI is InChI=1S/C15H24N4/c1-5-12(16)10-19-14-9-7-6-8-13(14)17-15(19)11(2)18(3)4/h6-9,11-12H,5,10,16H2,1-4H3. The molecule has 2 rings (SSSR count). The molecule has 0 saturated heterocycles. The lowest BCUT2D eigenvalue weighted by Crippen LogP contribution is -2.28. The minimum absolute atomic E-state index is 0.172. The lowest BCUT2D eigenvalue weighted by atomic mass is 10.2. The van der Waals surface area contributed by atoms with Crippen molar-refractivity contribution in [2.75, 3.05) is 14.1 Å². The molecular formula is C15H24N4. The summed E-state index contributed by atoms with van der Waals surface area (Å²) >= 11 is 0. The van der Waals surface area contributed by atoms with Crippen molar-refractivity contribution >= 4 is 11.0 Å². The summed E-state index contributed by atoms with van der Waals surface area (Å²) < 4.78 is 2.27. The smallest absolute Gasteiger partial charge is 0.127 e. The number of hydrogen-bond donors (Lipinski definition) is 1. The van der Waals surface area contributed by atoms with Crippen LogP contribution in [-0.2, 0) is 6.54 Å². The van der Waals surface area contributed by atoms with Gasteiger partial charge in [-0.15, -0.1) is 0 Å². The van der Waals surface area contributed by atoms with E-state index in [-0.39, 0.29) is 12.1 Å².